The van der Waals surface area contributed by atoms with Gasteiger partial charge in [-0.25, -0.2) is 0 Å². The van der Waals surface area contributed by atoms with E-state index in [2.05, 4.69) is 32.2 Å². The van der Waals surface area contributed by atoms with Crippen molar-refractivity contribution in [3.8, 4) is 11.8 Å². The lowest BCUT2D eigenvalue weighted by molar-refractivity contribution is 0.409. The van der Waals surface area contributed by atoms with E-state index in [4.69, 9.17) is 4.74 Å². The van der Waals surface area contributed by atoms with Gasteiger partial charge in [0, 0.05) is 16.2 Å². The van der Waals surface area contributed by atoms with Crippen molar-refractivity contribution >= 4 is 15.9 Å². The maximum Gasteiger partial charge on any atom is 0.123 e. The topological polar surface area (TPSA) is 58.8 Å². The van der Waals surface area contributed by atoms with Gasteiger partial charge in [0.15, 0.2) is 0 Å². The predicted octanol–water partition coefficient (Wildman–Crippen LogP) is 2.90. The average Bonchev–Trinajstić information content (AvgIpc) is 2.41. The summed E-state index contributed by atoms with van der Waals surface area (Å²) in [5.41, 5.74) is 1.38. The van der Waals surface area contributed by atoms with Crippen molar-refractivity contribution in [1.29, 1.82) is 5.26 Å². The Morgan fingerprint density at radius 2 is 2.22 bits per heavy atom. The van der Waals surface area contributed by atoms with Crippen LogP contribution in [0.1, 0.15) is 17.2 Å². The minimum atomic E-state index is -0.494. The van der Waals surface area contributed by atoms with Crippen LogP contribution in [0.4, 0.5) is 0 Å². The molecule has 90 valence electrons. The van der Waals surface area contributed by atoms with Crippen molar-refractivity contribution in [1.82, 2.24) is 10.2 Å². The van der Waals surface area contributed by atoms with Crippen molar-refractivity contribution in [2.24, 2.45) is 0 Å². The van der Waals surface area contributed by atoms with E-state index in [1.807, 2.05) is 18.2 Å². The Morgan fingerprint density at radius 3 is 2.83 bits per heavy atom. The average molecular weight is 304 g/mol. The van der Waals surface area contributed by atoms with Gasteiger partial charge in [0.05, 0.1) is 18.9 Å². The smallest absolute Gasteiger partial charge is 0.123 e. The van der Waals surface area contributed by atoms with E-state index in [0.29, 0.717) is 11.4 Å². The zero-order valence-electron chi connectivity index (χ0n) is 9.67. The van der Waals surface area contributed by atoms with Gasteiger partial charge in [0.1, 0.15) is 11.7 Å². The lowest BCUT2D eigenvalue weighted by Gasteiger charge is -2.13. The monoisotopic (exact) mass is 303 g/mol. The Hall–Kier alpha value is -1.93. The minimum Gasteiger partial charge on any atom is -0.496 e. The standard InChI is InChI=1S/C13H10BrN3O/c1-18-13-5-4-9(14)7-10(13)11(8-15)12-3-2-6-16-17-12/h2-7,11H,1H3. The van der Waals surface area contributed by atoms with E-state index in [1.54, 1.807) is 25.4 Å². The third-order valence-corrected chi connectivity index (χ3v) is 3.01. The van der Waals surface area contributed by atoms with Crippen molar-refractivity contribution < 1.29 is 4.74 Å². The Morgan fingerprint density at radius 1 is 1.39 bits per heavy atom. The summed E-state index contributed by atoms with van der Waals surface area (Å²) in [7, 11) is 1.58. The van der Waals surface area contributed by atoms with Crippen LogP contribution >= 0.6 is 15.9 Å². The zero-order valence-corrected chi connectivity index (χ0v) is 11.3. The fourth-order valence-electron chi connectivity index (χ4n) is 1.69. The summed E-state index contributed by atoms with van der Waals surface area (Å²) in [6.07, 6.45) is 1.58. The van der Waals surface area contributed by atoms with Crippen LogP contribution in [-0.4, -0.2) is 17.3 Å². The van der Waals surface area contributed by atoms with E-state index >= 15 is 0 Å². The molecule has 1 atom stereocenters. The number of methoxy groups -OCH3 is 1. The Bertz CT molecular complexity index is 581. The molecule has 1 aromatic heterocycles. The van der Waals surface area contributed by atoms with Crippen LogP contribution in [0.5, 0.6) is 5.75 Å². The molecule has 0 saturated heterocycles. The molecular weight excluding hydrogens is 294 g/mol. The third-order valence-electron chi connectivity index (χ3n) is 2.52. The molecule has 0 radical (unpaired) electrons. The fraction of sp³-hybridized carbons (Fsp3) is 0.154. The molecule has 0 spiro atoms. The van der Waals surface area contributed by atoms with Gasteiger partial charge >= 0.3 is 0 Å². The highest BCUT2D eigenvalue weighted by atomic mass is 79.9. The van der Waals surface area contributed by atoms with Crippen LogP contribution in [0.3, 0.4) is 0 Å². The molecule has 0 saturated carbocycles. The Labute approximate surface area is 113 Å². The van der Waals surface area contributed by atoms with Gasteiger partial charge in [-0.15, -0.1) is 0 Å². The first-order valence-corrected chi connectivity index (χ1v) is 6.06. The molecule has 4 nitrogen and oxygen atoms in total. The number of nitriles is 1. The first-order valence-electron chi connectivity index (χ1n) is 5.27. The largest absolute Gasteiger partial charge is 0.496 e. The number of halogens is 1. The van der Waals surface area contributed by atoms with E-state index in [0.717, 1.165) is 10.0 Å². The molecule has 18 heavy (non-hydrogen) atoms. The van der Waals surface area contributed by atoms with Crippen molar-refractivity contribution in [3.63, 3.8) is 0 Å². The molecular formula is C13H10BrN3O. The van der Waals surface area contributed by atoms with E-state index in [-0.39, 0.29) is 0 Å². The number of nitrogens with zero attached hydrogens (tertiary/aromatic N) is 3. The Balaban J connectivity index is 2.52. The maximum absolute atomic E-state index is 9.36. The second-order valence-corrected chi connectivity index (χ2v) is 4.51. The van der Waals surface area contributed by atoms with Crippen molar-refractivity contribution in [3.05, 3.63) is 52.3 Å². The molecule has 1 aromatic carbocycles. The summed E-state index contributed by atoms with van der Waals surface area (Å²) in [6.45, 7) is 0. The minimum absolute atomic E-state index is 0.494. The van der Waals surface area contributed by atoms with Gasteiger partial charge in [0.25, 0.3) is 0 Å². The molecule has 0 aliphatic rings. The summed E-state index contributed by atoms with van der Waals surface area (Å²) in [5, 5.41) is 17.1. The predicted molar refractivity (Wildman–Crippen MR) is 70.2 cm³/mol. The highest BCUT2D eigenvalue weighted by Crippen LogP contribution is 2.32. The lowest BCUT2D eigenvalue weighted by Crippen LogP contribution is -2.04. The molecule has 0 fully saturated rings. The number of rotatable bonds is 3. The molecule has 1 unspecified atom stereocenters. The van der Waals surface area contributed by atoms with Crippen LogP contribution in [0.15, 0.2) is 41.0 Å². The molecule has 0 amide bonds. The summed E-state index contributed by atoms with van der Waals surface area (Å²) in [5.74, 6) is 0.168. The van der Waals surface area contributed by atoms with Gasteiger partial charge in [-0.2, -0.15) is 15.5 Å². The summed E-state index contributed by atoms with van der Waals surface area (Å²) < 4.78 is 6.18. The number of ether oxygens (including phenoxy) is 1. The fourth-order valence-corrected chi connectivity index (χ4v) is 2.07. The summed E-state index contributed by atoms with van der Waals surface area (Å²) >= 11 is 3.39. The van der Waals surface area contributed by atoms with Crippen LogP contribution < -0.4 is 4.74 Å². The number of benzene rings is 1. The molecule has 0 aliphatic heterocycles. The second-order valence-electron chi connectivity index (χ2n) is 3.60. The summed E-state index contributed by atoms with van der Waals surface area (Å²) in [4.78, 5) is 0. The molecule has 5 heteroatoms. The molecule has 2 aromatic rings. The van der Waals surface area contributed by atoms with E-state index in [9.17, 15) is 5.26 Å². The highest BCUT2D eigenvalue weighted by molar-refractivity contribution is 9.10. The van der Waals surface area contributed by atoms with Gasteiger partial charge in [-0.05, 0) is 30.3 Å². The first-order chi connectivity index (χ1) is 8.76. The molecule has 1 heterocycles. The van der Waals surface area contributed by atoms with Crippen LogP contribution in [0.25, 0.3) is 0 Å². The highest BCUT2D eigenvalue weighted by Gasteiger charge is 2.19. The van der Waals surface area contributed by atoms with Gasteiger partial charge in [-0.1, -0.05) is 15.9 Å². The number of aromatic nitrogens is 2. The first kappa shape index (κ1) is 12.5. The van der Waals surface area contributed by atoms with Crippen molar-refractivity contribution in [2.75, 3.05) is 7.11 Å². The third kappa shape index (κ3) is 2.49. The van der Waals surface area contributed by atoms with Crippen LogP contribution in [-0.2, 0) is 0 Å². The van der Waals surface area contributed by atoms with Crippen molar-refractivity contribution in [2.45, 2.75) is 5.92 Å². The van der Waals surface area contributed by atoms with Gasteiger partial charge in [-0.3, -0.25) is 0 Å². The molecule has 0 bridgehead atoms. The van der Waals surface area contributed by atoms with Crippen LogP contribution in [0, 0.1) is 11.3 Å². The van der Waals surface area contributed by atoms with Gasteiger partial charge in [0.2, 0.25) is 0 Å². The van der Waals surface area contributed by atoms with Crippen LogP contribution in [0.2, 0.25) is 0 Å². The zero-order chi connectivity index (χ0) is 13.0. The van der Waals surface area contributed by atoms with E-state index in [1.165, 1.54) is 0 Å². The summed E-state index contributed by atoms with van der Waals surface area (Å²) in [6, 6.07) is 11.3. The maximum atomic E-state index is 9.36. The molecule has 0 aliphatic carbocycles. The van der Waals surface area contributed by atoms with Gasteiger partial charge < -0.3 is 4.74 Å². The Kier molecular flexibility index (Phi) is 3.90. The second kappa shape index (κ2) is 5.61. The molecule has 2 rings (SSSR count). The molecule has 0 N–H and O–H groups in total. The lowest BCUT2D eigenvalue weighted by atomic mass is 9.96. The normalized spacial score (nSPS) is 11.6. The van der Waals surface area contributed by atoms with E-state index < -0.39 is 5.92 Å². The quantitative estimate of drug-likeness (QED) is 0.875. The number of hydrogen-bond acceptors (Lipinski definition) is 4. The SMILES string of the molecule is COc1ccc(Br)cc1C(C#N)c1cccnn1. The number of hydrogen-bond donors (Lipinski definition) is 0.